The molecule has 3 fully saturated rings. The summed E-state index contributed by atoms with van der Waals surface area (Å²) in [7, 11) is 3.03. The van der Waals surface area contributed by atoms with Crippen LogP contribution in [-0.4, -0.2) is 199 Å². The van der Waals surface area contributed by atoms with Crippen molar-refractivity contribution in [3.05, 3.63) is 82.2 Å². The lowest BCUT2D eigenvalue weighted by molar-refractivity contribution is -0.144. The smallest absolute Gasteiger partial charge is 0.305 e. The largest absolute Gasteiger partial charge is 0.493 e. The van der Waals surface area contributed by atoms with Gasteiger partial charge in [0.2, 0.25) is 5.91 Å². The monoisotopic (exact) mass is 1090 g/mol. The number of rotatable bonds is 29. The van der Waals surface area contributed by atoms with E-state index in [2.05, 4.69) is 4.90 Å². The van der Waals surface area contributed by atoms with E-state index in [9.17, 15) is 19.2 Å². The third-order valence-corrected chi connectivity index (χ3v) is 14.2. The van der Waals surface area contributed by atoms with E-state index >= 15 is 0 Å². The molecule has 2 aromatic carbocycles. The Bertz CT molecular complexity index is 2590. The summed E-state index contributed by atoms with van der Waals surface area (Å²) in [4.78, 5) is 75.5. The van der Waals surface area contributed by atoms with Gasteiger partial charge >= 0.3 is 5.97 Å². The van der Waals surface area contributed by atoms with Crippen molar-refractivity contribution in [2.24, 2.45) is 9.98 Å². The first-order chi connectivity index (χ1) is 38.6. The number of carbonyl (C=O) groups excluding carboxylic acids is 4. The quantitative estimate of drug-likeness (QED) is 0.0422. The van der Waals surface area contributed by atoms with Gasteiger partial charge in [0.05, 0.1) is 133 Å². The van der Waals surface area contributed by atoms with Gasteiger partial charge < -0.3 is 62.1 Å². The first-order valence-corrected chi connectivity index (χ1v) is 27.3. The second-order valence-electron chi connectivity index (χ2n) is 19.4. The second-order valence-corrected chi connectivity index (χ2v) is 19.4. The Balaban J connectivity index is 0.934. The first kappa shape index (κ1) is 58.2. The zero-order valence-corrected chi connectivity index (χ0v) is 46.2. The van der Waals surface area contributed by atoms with Gasteiger partial charge in [-0.1, -0.05) is 23.3 Å². The van der Waals surface area contributed by atoms with Crippen LogP contribution in [0.3, 0.4) is 0 Å². The molecule has 0 aliphatic carbocycles. The summed E-state index contributed by atoms with van der Waals surface area (Å²) in [5.41, 5.74) is 5.06. The van der Waals surface area contributed by atoms with E-state index < -0.39 is 0 Å². The van der Waals surface area contributed by atoms with Crippen LogP contribution in [-0.2, 0) is 46.5 Å². The van der Waals surface area contributed by atoms with Crippen LogP contribution in [0.1, 0.15) is 85.0 Å². The predicted octanol–water partition coefficient (Wildman–Crippen LogP) is 6.33. The number of hydrogen-bond acceptors (Lipinski definition) is 18. The number of ether oxygens (including phenoxy) is 10. The zero-order valence-electron chi connectivity index (χ0n) is 46.2. The number of aromatic nitrogens is 1. The summed E-state index contributed by atoms with van der Waals surface area (Å²) in [6.45, 7) is 14.2. The van der Waals surface area contributed by atoms with Crippen molar-refractivity contribution >= 4 is 47.5 Å². The van der Waals surface area contributed by atoms with E-state index in [1.165, 1.54) is 25.4 Å². The number of esters is 1. The Labute approximate surface area is 462 Å². The number of benzene rings is 2. The molecule has 1 aromatic heterocycles. The number of aliphatic imine (C=N–C) groups is 2. The SMILES string of the molecule is C/C=C1\CC2C=Nc3cc(OCc4cc(OCCN(CCCC(=O)OCC)C(=O)CCOCCOCCOCCN5CCOCC5)cc(COc5cc6c(cc5OC)C(=O)N5C/C(=C/C)C[C@H]5C=N6)n4)c(OC)cc3C(=O)N2C1. The third kappa shape index (κ3) is 15.9. The van der Waals surface area contributed by atoms with Crippen molar-refractivity contribution < 1.29 is 66.5 Å². The van der Waals surface area contributed by atoms with Gasteiger partial charge in [-0.25, -0.2) is 0 Å². The van der Waals surface area contributed by atoms with Gasteiger partial charge in [0, 0.05) is 82.4 Å². The molecule has 0 saturated carbocycles. The molecular weight excluding hydrogens is 1020 g/mol. The number of nitrogens with zero attached hydrogens (tertiary/aromatic N) is 7. The van der Waals surface area contributed by atoms with Gasteiger partial charge in [0.1, 0.15) is 25.6 Å². The molecule has 3 saturated heterocycles. The van der Waals surface area contributed by atoms with Crippen LogP contribution in [0, 0.1) is 0 Å². The summed E-state index contributed by atoms with van der Waals surface area (Å²) in [5, 5.41) is 0. The topological polar surface area (TPSA) is 211 Å². The highest BCUT2D eigenvalue weighted by molar-refractivity contribution is 6.05. The second kappa shape index (κ2) is 29.3. The number of fused-ring (bicyclic) bond motifs is 4. The summed E-state index contributed by atoms with van der Waals surface area (Å²) >= 11 is 0. The molecule has 426 valence electrons. The number of morpholine rings is 1. The van der Waals surface area contributed by atoms with E-state index in [4.69, 9.17) is 62.3 Å². The van der Waals surface area contributed by atoms with E-state index in [0.717, 1.165) is 45.7 Å². The van der Waals surface area contributed by atoms with Gasteiger partial charge in [-0.15, -0.1) is 0 Å². The van der Waals surface area contributed by atoms with Gasteiger partial charge in [-0.3, -0.25) is 39.0 Å². The van der Waals surface area contributed by atoms with E-state index in [-0.39, 0.29) is 88.2 Å². The van der Waals surface area contributed by atoms with Crippen LogP contribution < -0.4 is 23.7 Å². The lowest BCUT2D eigenvalue weighted by atomic mass is 10.1. The van der Waals surface area contributed by atoms with Crippen molar-refractivity contribution in [3.63, 3.8) is 0 Å². The number of hydrogen-bond donors (Lipinski definition) is 0. The van der Waals surface area contributed by atoms with Crippen LogP contribution in [0.25, 0.3) is 0 Å². The van der Waals surface area contributed by atoms with Crippen molar-refractivity contribution in [2.45, 2.75) is 78.2 Å². The van der Waals surface area contributed by atoms with Crippen LogP contribution in [0.15, 0.2) is 69.7 Å². The fourth-order valence-corrected chi connectivity index (χ4v) is 9.84. The maximum atomic E-state index is 13.8. The Morgan fingerprint density at radius 2 is 1.22 bits per heavy atom. The normalized spacial score (nSPS) is 18.7. The maximum Gasteiger partial charge on any atom is 0.305 e. The molecule has 0 spiro atoms. The molecule has 21 nitrogen and oxygen atoms in total. The van der Waals surface area contributed by atoms with Crippen molar-refractivity contribution in [1.82, 2.24) is 24.6 Å². The average Bonchev–Trinajstić information content (AvgIpc) is 4.16. The fourth-order valence-electron chi connectivity index (χ4n) is 9.84. The first-order valence-electron chi connectivity index (χ1n) is 27.3. The molecule has 2 atom stereocenters. The lowest BCUT2D eigenvalue weighted by Crippen LogP contribution is -2.38. The van der Waals surface area contributed by atoms with E-state index in [0.29, 0.717) is 122 Å². The molecule has 79 heavy (non-hydrogen) atoms. The number of carbonyl (C=O) groups is 4. The zero-order chi connectivity index (χ0) is 55.5. The third-order valence-electron chi connectivity index (χ3n) is 14.2. The lowest BCUT2D eigenvalue weighted by Gasteiger charge is -2.26. The Hall–Kier alpha value is -6.91. The molecule has 0 bridgehead atoms. The van der Waals surface area contributed by atoms with Crippen molar-refractivity contribution in [2.75, 3.05) is 126 Å². The van der Waals surface area contributed by atoms with Gasteiger partial charge in [0.25, 0.3) is 11.8 Å². The van der Waals surface area contributed by atoms with Crippen LogP contribution >= 0.6 is 0 Å². The molecule has 8 rings (SSSR count). The molecular formula is C58H75N7O14. The molecule has 6 heterocycles. The van der Waals surface area contributed by atoms with Crippen molar-refractivity contribution in [3.8, 4) is 28.7 Å². The molecule has 3 aromatic rings. The van der Waals surface area contributed by atoms with E-state index in [1.807, 2.05) is 48.2 Å². The number of allylic oxidation sites excluding steroid dienone is 2. The molecule has 1 unspecified atom stereocenters. The summed E-state index contributed by atoms with van der Waals surface area (Å²) in [6.07, 6.45) is 9.83. The highest BCUT2D eigenvalue weighted by Crippen LogP contribution is 2.41. The maximum absolute atomic E-state index is 13.8. The van der Waals surface area contributed by atoms with Gasteiger partial charge in [-0.05, 0) is 52.2 Å². The Morgan fingerprint density at radius 3 is 1.75 bits per heavy atom. The molecule has 5 aliphatic heterocycles. The molecule has 5 aliphatic rings. The molecule has 21 heteroatoms. The van der Waals surface area contributed by atoms with Gasteiger partial charge in [0.15, 0.2) is 23.0 Å². The minimum atomic E-state index is -0.334. The Kier molecular flexibility index (Phi) is 21.6. The van der Waals surface area contributed by atoms with Crippen molar-refractivity contribution in [1.29, 1.82) is 0 Å². The number of methoxy groups -OCH3 is 2. The number of amides is 3. The van der Waals surface area contributed by atoms with Crippen LogP contribution in [0.4, 0.5) is 11.4 Å². The van der Waals surface area contributed by atoms with Gasteiger partial charge in [-0.2, -0.15) is 0 Å². The minimum Gasteiger partial charge on any atom is -0.493 e. The fraction of sp³-hybridized carbons (Fsp3) is 0.534. The molecule has 3 amide bonds. The highest BCUT2D eigenvalue weighted by atomic mass is 16.5. The Morgan fingerprint density at radius 1 is 0.671 bits per heavy atom. The predicted molar refractivity (Wildman–Crippen MR) is 294 cm³/mol. The minimum absolute atomic E-state index is 0.0470. The average molecular weight is 1090 g/mol. The number of pyridine rings is 1. The van der Waals surface area contributed by atoms with E-state index in [1.54, 1.807) is 48.2 Å². The molecule has 0 radical (unpaired) electrons. The van der Waals surface area contributed by atoms with Crippen LogP contribution in [0.2, 0.25) is 0 Å². The summed E-state index contributed by atoms with van der Waals surface area (Å²) in [5.74, 6) is 1.07. The summed E-state index contributed by atoms with van der Waals surface area (Å²) < 4.78 is 58.4. The highest BCUT2D eigenvalue weighted by Gasteiger charge is 2.36. The van der Waals surface area contributed by atoms with Crippen LogP contribution in [0.5, 0.6) is 28.7 Å². The summed E-state index contributed by atoms with van der Waals surface area (Å²) in [6, 6.07) is 9.91. The standard InChI is InChI=1S/C58H75N7O14/c1-6-40-26-44-34-59-49-32-53(51(70-4)30-47(49)57(68)64(44)36-40)78-38-42-28-46(29-43(61-42)39-79-54-33-50-48(31-52(54)71-5)58(69)65-37-41(7-2)27-45(65)35-60-50)77-21-16-63(12-9-10-56(67)76-8-3)55(66)11-17-72-22-24-75-25-23-74-20-15-62-13-18-73-19-14-62/h6-7,28-35,44-45H,8-27,36-39H2,1-5H3/b40-6+,41-7+/t44-,45?/m0/s1. The molecule has 0 N–H and O–H groups in total.